The molecule has 1 aromatic carbocycles. The third-order valence-corrected chi connectivity index (χ3v) is 3.25. The van der Waals surface area contributed by atoms with E-state index >= 15 is 0 Å². The van der Waals surface area contributed by atoms with E-state index in [4.69, 9.17) is 27.9 Å². The van der Waals surface area contributed by atoms with Crippen LogP contribution >= 0.6 is 23.2 Å². The van der Waals surface area contributed by atoms with Crippen LogP contribution in [0.15, 0.2) is 18.2 Å². The van der Waals surface area contributed by atoms with Gasteiger partial charge >= 0.3 is 0 Å². The maximum Gasteiger partial charge on any atom is 0.220 e. The molecular formula is C14H19Cl2NO2. The number of rotatable bonds is 7. The molecule has 0 unspecified atom stereocenters. The van der Waals surface area contributed by atoms with Gasteiger partial charge in [-0.3, -0.25) is 4.79 Å². The van der Waals surface area contributed by atoms with Crippen LogP contribution in [0.5, 0.6) is 5.75 Å². The summed E-state index contributed by atoms with van der Waals surface area (Å²) in [4.78, 5) is 11.5. The third kappa shape index (κ3) is 6.17. The molecule has 0 heterocycles. The molecule has 0 saturated heterocycles. The van der Waals surface area contributed by atoms with E-state index < -0.39 is 0 Å². The zero-order valence-electron chi connectivity index (χ0n) is 11.2. The number of carbonyl (C=O) groups is 1. The minimum absolute atomic E-state index is 0.0557. The number of carbonyl (C=O) groups excluding carboxylic acids is 1. The van der Waals surface area contributed by atoms with Crippen LogP contribution in [0.25, 0.3) is 0 Å². The van der Waals surface area contributed by atoms with Crippen LogP contribution in [0, 0.1) is 0 Å². The summed E-state index contributed by atoms with van der Waals surface area (Å²) >= 11 is 11.8. The van der Waals surface area contributed by atoms with Gasteiger partial charge in [-0.15, -0.1) is 0 Å². The molecule has 0 aliphatic carbocycles. The molecule has 5 heteroatoms. The first kappa shape index (κ1) is 16.1. The van der Waals surface area contributed by atoms with E-state index in [0.717, 1.165) is 6.42 Å². The van der Waals surface area contributed by atoms with Gasteiger partial charge in [0.15, 0.2) is 0 Å². The summed E-state index contributed by atoms with van der Waals surface area (Å²) in [5.41, 5.74) is 0. The molecule has 0 aliphatic rings. The lowest BCUT2D eigenvalue weighted by molar-refractivity contribution is -0.121. The molecule has 1 aromatic rings. The molecule has 1 amide bonds. The van der Waals surface area contributed by atoms with Crippen molar-refractivity contribution < 1.29 is 9.53 Å². The van der Waals surface area contributed by atoms with E-state index in [-0.39, 0.29) is 11.9 Å². The van der Waals surface area contributed by atoms with Crippen molar-refractivity contribution in [2.45, 2.75) is 39.2 Å². The lowest BCUT2D eigenvalue weighted by Gasteiger charge is -2.11. The molecule has 0 bridgehead atoms. The smallest absolute Gasteiger partial charge is 0.220 e. The fourth-order valence-electron chi connectivity index (χ4n) is 1.46. The van der Waals surface area contributed by atoms with Gasteiger partial charge in [-0.25, -0.2) is 0 Å². The van der Waals surface area contributed by atoms with Crippen LogP contribution in [-0.4, -0.2) is 18.6 Å². The third-order valence-electron chi connectivity index (χ3n) is 2.72. The van der Waals surface area contributed by atoms with E-state index in [1.165, 1.54) is 0 Å². The topological polar surface area (TPSA) is 38.3 Å². The second-order valence-corrected chi connectivity index (χ2v) is 5.25. The molecule has 0 spiro atoms. The van der Waals surface area contributed by atoms with Gasteiger partial charge in [0.1, 0.15) is 5.75 Å². The van der Waals surface area contributed by atoms with Crippen molar-refractivity contribution in [1.29, 1.82) is 0 Å². The number of ether oxygens (including phenoxy) is 1. The normalized spacial score (nSPS) is 12.0. The highest BCUT2D eigenvalue weighted by Crippen LogP contribution is 2.27. The molecule has 0 fully saturated rings. The van der Waals surface area contributed by atoms with Crippen LogP contribution in [0.1, 0.15) is 33.1 Å². The quantitative estimate of drug-likeness (QED) is 0.771. The van der Waals surface area contributed by atoms with Gasteiger partial charge in [0.2, 0.25) is 5.91 Å². The number of hydrogen-bond donors (Lipinski definition) is 1. The lowest BCUT2D eigenvalue weighted by Crippen LogP contribution is -2.31. The van der Waals surface area contributed by atoms with Crippen LogP contribution in [0.2, 0.25) is 10.0 Å². The Balaban J connectivity index is 2.25. The fraction of sp³-hybridized carbons (Fsp3) is 0.500. The number of amides is 1. The average Bonchev–Trinajstić information content (AvgIpc) is 2.36. The summed E-state index contributed by atoms with van der Waals surface area (Å²) in [6.07, 6.45) is 2.04. The molecule has 19 heavy (non-hydrogen) atoms. The van der Waals surface area contributed by atoms with E-state index in [1.54, 1.807) is 18.2 Å². The first-order chi connectivity index (χ1) is 9.02. The van der Waals surface area contributed by atoms with Crippen molar-refractivity contribution in [2.75, 3.05) is 6.61 Å². The maximum absolute atomic E-state index is 11.5. The molecule has 0 aromatic heterocycles. The van der Waals surface area contributed by atoms with Crippen molar-refractivity contribution in [3.8, 4) is 5.75 Å². The Morgan fingerprint density at radius 2 is 2.16 bits per heavy atom. The highest BCUT2D eigenvalue weighted by molar-refractivity contribution is 6.35. The van der Waals surface area contributed by atoms with Gasteiger partial charge in [-0.2, -0.15) is 0 Å². The van der Waals surface area contributed by atoms with Crippen molar-refractivity contribution in [2.24, 2.45) is 0 Å². The first-order valence-electron chi connectivity index (χ1n) is 6.40. The van der Waals surface area contributed by atoms with E-state index in [2.05, 4.69) is 5.32 Å². The minimum atomic E-state index is 0.0557. The average molecular weight is 304 g/mol. The summed E-state index contributed by atoms with van der Waals surface area (Å²) in [6, 6.07) is 5.30. The van der Waals surface area contributed by atoms with Crippen LogP contribution in [0.3, 0.4) is 0 Å². The van der Waals surface area contributed by atoms with Gasteiger partial charge in [0.05, 0.1) is 11.6 Å². The van der Waals surface area contributed by atoms with Crippen LogP contribution in [-0.2, 0) is 4.79 Å². The zero-order chi connectivity index (χ0) is 14.3. The number of nitrogens with one attached hydrogen (secondary N) is 1. The molecule has 3 nitrogen and oxygen atoms in total. The predicted molar refractivity (Wildman–Crippen MR) is 79.1 cm³/mol. The Morgan fingerprint density at radius 1 is 1.42 bits per heavy atom. The van der Waals surface area contributed by atoms with Gasteiger partial charge in [-0.05, 0) is 38.0 Å². The Labute approximate surface area is 124 Å². The molecule has 1 rings (SSSR count). The predicted octanol–water partition coefficient (Wildman–Crippen LogP) is 4.07. The van der Waals surface area contributed by atoms with Crippen molar-refractivity contribution in [1.82, 2.24) is 5.32 Å². The van der Waals surface area contributed by atoms with Gasteiger partial charge in [-0.1, -0.05) is 30.1 Å². The van der Waals surface area contributed by atoms with Gasteiger partial charge < -0.3 is 10.1 Å². The summed E-state index contributed by atoms with van der Waals surface area (Å²) in [7, 11) is 0. The fourth-order valence-corrected chi connectivity index (χ4v) is 1.92. The summed E-state index contributed by atoms with van der Waals surface area (Å²) in [5.74, 6) is 0.647. The van der Waals surface area contributed by atoms with Crippen LogP contribution in [0.4, 0.5) is 0 Å². The Morgan fingerprint density at radius 3 is 2.79 bits per heavy atom. The Bertz CT molecular complexity index is 424. The Kier molecular flexibility index (Phi) is 7.03. The summed E-state index contributed by atoms with van der Waals surface area (Å²) in [6.45, 7) is 4.48. The molecule has 0 saturated carbocycles. The minimum Gasteiger partial charge on any atom is -0.492 e. The lowest BCUT2D eigenvalue weighted by atomic mass is 10.2. The number of halogens is 2. The summed E-state index contributed by atoms with van der Waals surface area (Å²) < 4.78 is 5.50. The first-order valence-corrected chi connectivity index (χ1v) is 7.15. The van der Waals surface area contributed by atoms with E-state index in [1.807, 2.05) is 13.8 Å². The molecule has 1 atom stereocenters. The largest absolute Gasteiger partial charge is 0.492 e. The molecule has 1 N–H and O–H groups in total. The molecular weight excluding hydrogens is 285 g/mol. The second-order valence-electron chi connectivity index (χ2n) is 4.40. The van der Waals surface area contributed by atoms with Crippen LogP contribution < -0.4 is 10.1 Å². The number of benzene rings is 1. The SMILES string of the molecule is CC[C@H](C)NC(=O)CCCOc1ccc(Cl)cc1Cl. The Hall–Kier alpha value is -0.930. The molecule has 0 radical (unpaired) electrons. The highest BCUT2D eigenvalue weighted by atomic mass is 35.5. The van der Waals surface area contributed by atoms with Crippen molar-refractivity contribution in [3.63, 3.8) is 0 Å². The number of hydrogen-bond acceptors (Lipinski definition) is 2. The monoisotopic (exact) mass is 303 g/mol. The highest BCUT2D eigenvalue weighted by Gasteiger charge is 2.06. The van der Waals surface area contributed by atoms with Gasteiger partial charge in [0.25, 0.3) is 0 Å². The maximum atomic E-state index is 11.5. The summed E-state index contributed by atoms with van der Waals surface area (Å²) in [5, 5.41) is 3.97. The zero-order valence-corrected chi connectivity index (χ0v) is 12.7. The second kappa shape index (κ2) is 8.28. The van der Waals surface area contributed by atoms with E-state index in [9.17, 15) is 4.79 Å². The molecule has 106 valence electrons. The van der Waals surface area contributed by atoms with Gasteiger partial charge in [0, 0.05) is 17.5 Å². The van der Waals surface area contributed by atoms with Crippen molar-refractivity contribution in [3.05, 3.63) is 28.2 Å². The molecule has 0 aliphatic heterocycles. The standard InChI is InChI=1S/C14H19Cl2NO2/c1-3-10(2)17-14(18)5-4-8-19-13-7-6-11(15)9-12(13)16/h6-7,9-10H,3-5,8H2,1-2H3,(H,17,18)/t10-/m0/s1. The van der Waals surface area contributed by atoms with Crippen molar-refractivity contribution >= 4 is 29.1 Å². The van der Waals surface area contributed by atoms with E-state index in [0.29, 0.717) is 35.2 Å².